The molecule has 6 rings (SSSR count). The Morgan fingerprint density at radius 3 is 2.73 bits per heavy atom. The standard InChI is InChI=1S/C26H28FN3O3/c27-21-2-3-22-23(15-21)33-28-25(22)18-5-8-29(9-6-18)11-12-32-16-17-13-19-1-4-24(31)30-10-7-20(14-17)26(19)30/h2-3,13-15,18H,1,4-12,16H2. The van der Waals surface area contributed by atoms with Crippen LogP contribution < -0.4 is 4.90 Å². The summed E-state index contributed by atoms with van der Waals surface area (Å²) in [5.41, 5.74) is 6.47. The lowest BCUT2D eigenvalue weighted by Gasteiger charge is -2.31. The largest absolute Gasteiger partial charge is 0.375 e. The monoisotopic (exact) mass is 449 g/mol. The molecule has 6 nitrogen and oxygen atoms in total. The number of nitrogens with zero attached hydrogens (tertiary/aromatic N) is 3. The van der Waals surface area contributed by atoms with Crippen LogP contribution in [0.5, 0.6) is 0 Å². The van der Waals surface area contributed by atoms with Crippen molar-refractivity contribution in [3.63, 3.8) is 0 Å². The fourth-order valence-electron chi connectivity index (χ4n) is 5.65. The third-order valence-electron chi connectivity index (χ3n) is 7.37. The summed E-state index contributed by atoms with van der Waals surface area (Å²) in [7, 11) is 0. The van der Waals surface area contributed by atoms with Crippen molar-refractivity contribution in [1.82, 2.24) is 10.1 Å². The first kappa shape index (κ1) is 20.8. The van der Waals surface area contributed by atoms with Gasteiger partial charge < -0.3 is 19.1 Å². The van der Waals surface area contributed by atoms with Crippen molar-refractivity contribution in [2.75, 3.05) is 37.7 Å². The Morgan fingerprint density at radius 2 is 1.88 bits per heavy atom. The molecule has 1 aromatic heterocycles. The minimum atomic E-state index is -0.295. The number of halogens is 1. The molecule has 0 saturated carbocycles. The Labute approximate surface area is 192 Å². The molecule has 3 aliphatic heterocycles. The molecule has 33 heavy (non-hydrogen) atoms. The summed E-state index contributed by atoms with van der Waals surface area (Å²) < 4.78 is 24.8. The van der Waals surface area contributed by atoms with E-state index >= 15 is 0 Å². The highest BCUT2D eigenvalue weighted by Gasteiger charge is 2.31. The first-order chi connectivity index (χ1) is 16.2. The molecule has 1 amide bonds. The number of anilines is 1. The van der Waals surface area contributed by atoms with E-state index in [0.717, 1.165) is 62.9 Å². The fraction of sp³-hybridized carbons (Fsp3) is 0.462. The number of hydrogen-bond acceptors (Lipinski definition) is 5. The molecule has 2 aromatic carbocycles. The zero-order valence-corrected chi connectivity index (χ0v) is 18.7. The molecule has 0 bridgehead atoms. The number of likely N-dealkylation sites (tertiary alicyclic amines) is 1. The maximum absolute atomic E-state index is 13.4. The summed E-state index contributed by atoms with van der Waals surface area (Å²) in [5.74, 6) is 0.319. The summed E-state index contributed by atoms with van der Waals surface area (Å²) in [6.45, 7) is 5.05. The number of ether oxygens (including phenoxy) is 1. The van der Waals surface area contributed by atoms with Crippen LogP contribution in [0.2, 0.25) is 0 Å². The number of aryl methyl sites for hydroxylation is 1. The van der Waals surface area contributed by atoms with Crippen LogP contribution in [0.3, 0.4) is 0 Å². The lowest BCUT2D eigenvalue weighted by molar-refractivity contribution is -0.118. The van der Waals surface area contributed by atoms with E-state index < -0.39 is 0 Å². The van der Waals surface area contributed by atoms with E-state index in [1.54, 1.807) is 6.07 Å². The van der Waals surface area contributed by atoms with Crippen LogP contribution in [0, 0.1) is 5.82 Å². The summed E-state index contributed by atoms with van der Waals surface area (Å²) in [5, 5.41) is 5.17. The van der Waals surface area contributed by atoms with Crippen LogP contribution in [0.4, 0.5) is 10.1 Å². The molecule has 0 spiro atoms. The first-order valence-electron chi connectivity index (χ1n) is 12.0. The average molecular weight is 450 g/mol. The minimum absolute atomic E-state index is 0.264. The quantitative estimate of drug-likeness (QED) is 0.528. The number of hydrogen-bond donors (Lipinski definition) is 0. The van der Waals surface area contributed by atoms with Crippen LogP contribution in [0.1, 0.15) is 47.6 Å². The van der Waals surface area contributed by atoms with Gasteiger partial charge in [-0.3, -0.25) is 4.79 Å². The highest BCUT2D eigenvalue weighted by atomic mass is 19.1. The topological polar surface area (TPSA) is 58.8 Å². The number of benzene rings is 2. The van der Waals surface area contributed by atoms with Crippen LogP contribution in [0.25, 0.3) is 11.0 Å². The minimum Gasteiger partial charge on any atom is -0.375 e. The van der Waals surface area contributed by atoms with Gasteiger partial charge in [-0.05, 0) is 67.6 Å². The van der Waals surface area contributed by atoms with Crippen molar-refractivity contribution in [1.29, 1.82) is 0 Å². The molecular weight excluding hydrogens is 421 g/mol. The van der Waals surface area contributed by atoms with Gasteiger partial charge in [-0.1, -0.05) is 17.3 Å². The molecule has 4 heterocycles. The Balaban J connectivity index is 0.993. The van der Waals surface area contributed by atoms with Crippen molar-refractivity contribution in [3.8, 4) is 0 Å². The number of rotatable bonds is 6. The molecule has 0 N–H and O–H groups in total. The van der Waals surface area contributed by atoms with Crippen molar-refractivity contribution < 1.29 is 18.4 Å². The lowest BCUT2D eigenvalue weighted by Crippen LogP contribution is -2.35. The van der Waals surface area contributed by atoms with E-state index in [9.17, 15) is 9.18 Å². The van der Waals surface area contributed by atoms with Crippen LogP contribution in [0.15, 0.2) is 34.9 Å². The molecule has 7 heteroatoms. The van der Waals surface area contributed by atoms with Gasteiger partial charge in [-0.25, -0.2) is 4.39 Å². The van der Waals surface area contributed by atoms with Gasteiger partial charge in [0.1, 0.15) is 5.82 Å². The number of fused-ring (bicyclic) bond motifs is 1. The van der Waals surface area contributed by atoms with E-state index in [-0.39, 0.29) is 11.7 Å². The Morgan fingerprint density at radius 1 is 1.06 bits per heavy atom. The predicted molar refractivity (Wildman–Crippen MR) is 123 cm³/mol. The van der Waals surface area contributed by atoms with Gasteiger partial charge in [-0.2, -0.15) is 0 Å². The second kappa shape index (κ2) is 8.54. The van der Waals surface area contributed by atoms with Gasteiger partial charge in [-0.15, -0.1) is 0 Å². The molecule has 0 radical (unpaired) electrons. The third kappa shape index (κ3) is 3.93. The zero-order chi connectivity index (χ0) is 22.4. The van der Waals surface area contributed by atoms with Crippen molar-refractivity contribution in [3.05, 3.63) is 58.5 Å². The van der Waals surface area contributed by atoms with Gasteiger partial charge in [0, 0.05) is 36.9 Å². The van der Waals surface area contributed by atoms with Crippen LogP contribution >= 0.6 is 0 Å². The first-order valence-corrected chi connectivity index (χ1v) is 12.0. The summed E-state index contributed by atoms with van der Waals surface area (Å²) >= 11 is 0. The molecule has 0 atom stereocenters. The van der Waals surface area contributed by atoms with E-state index in [1.165, 1.54) is 34.5 Å². The van der Waals surface area contributed by atoms with Gasteiger partial charge in [0.05, 0.1) is 24.6 Å². The zero-order valence-electron chi connectivity index (χ0n) is 18.7. The number of amides is 1. The van der Waals surface area contributed by atoms with E-state index in [0.29, 0.717) is 31.1 Å². The molecule has 1 fully saturated rings. The molecular formula is C26H28FN3O3. The Kier molecular flexibility index (Phi) is 5.38. The Hall–Kier alpha value is -2.77. The predicted octanol–water partition coefficient (Wildman–Crippen LogP) is 4.20. The summed E-state index contributed by atoms with van der Waals surface area (Å²) in [6.07, 6.45) is 4.45. The molecule has 172 valence electrons. The van der Waals surface area contributed by atoms with Gasteiger partial charge in [0.25, 0.3) is 0 Å². The number of aromatic nitrogens is 1. The molecule has 0 unspecified atom stereocenters. The van der Waals surface area contributed by atoms with Crippen LogP contribution in [-0.4, -0.2) is 48.7 Å². The number of piperidine rings is 1. The molecule has 1 saturated heterocycles. The van der Waals surface area contributed by atoms with E-state index in [1.807, 2.05) is 4.90 Å². The third-order valence-corrected chi connectivity index (χ3v) is 7.37. The maximum Gasteiger partial charge on any atom is 0.227 e. The van der Waals surface area contributed by atoms with Crippen molar-refractivity contribution >= 4 is 22.6 Å². The normalized spacial score (nSPS) is 18.9. The van der Waals surface area contributed by atoms with Crippen molar-refractivity contribution in [2.45, 2.75) is 44.6 Å². The highest BCUT2D eigenvalue weighted by molar-refractivity contribution is 5.98. The second-order valence-electron chi connectivity index (χ2n) is 9.43. The van der Waals surface area contributed by atoms with Crippen LogP contribution in [-0.2, 0) is 29.0 Å². The maximum atomic E-state index is 13.4. The fourth-order valence-corrected chi connectivity index (χ4v) is 5.65. The van der Waals surface area contributed by atoms with E-state index in [4.69, 9.17) is 9.26 Å². The van der Waals surface area contributed by atoms with Gasteiger partial charge in [0.15, 0.2) is 5.58 Å². The second-order valence-corrected chi connectivity index (χ2v) is 9.43. The summed E-state index contributed by atoms with van der Waals surface area (Å²) in [4.78, 5) is 16.5. The van der Waals surface area contributed by atoms with Gasteiger partial charge in [0.2, 0.25) is 5.91 Å². The Bertz CT molecular complexity index is 1200. The number of carbonyl (C=O) groups is 1. The smallest absolute Gasteiger partial charge is 0.227 e. The van der Waals surface area contributed by atoms with Crippen molar-refractivity contribution in [2.24, 2.45) is 0 Å². The molecule has 3 aromatic rings. The van der Waals surface area contributed by atoms with E-state index in [2.05, 4.69) is 22.2 Å². The average Bonchev–Trinajstić information content (AvgIpc) is 3.45. The molecule has 3 aliphatic rings. The summed E-state index contributed by atoms with van der Waals surface area (Å²) in [6, 6.07) is 9.10. The lowest BCUT2D eigenvalue weighted by atomic mass is 9.91. The molecule has 0 aliphatic carbocycles. The number of carbonyl (C=O) groups excluding carboxylic acids is 1. The van der Waals surface area contributed by atoms with Gasteiger partial charge >= 0.3 is 0 Å². The highest BCUT2D eigenvalue weighted by Crippen LogP contribution is 2.37. The SMILES string of the molecule is O=C1CCc2cc(COCCN3CCC(c4noc5cc(F)ccc45)CC3)cc3c2N1CC3.